The van der Waals surface area contributed by atoms with Crippen molar-refractivity contribution < 1.29 is 24.5 Å². The first-order valence-electron chi connectivity index (χ1n) is 9.59. The fraction of sp³-hybridized carbons (Fsp3) is 0.250. The summed E-state index contributed by atoms with van der Waals surface area (Å²) in [4.78, 5) is 20.5. The Kier molecular flexibility index (Phi) is 8.38. The van der Waals surface area contributed by atoms with Gasteiger partial charge in [0.15, 0.2) is 0 Å². The van der Waals surface area contributed by atoms with Crippen molar-refractivity contribution in [1.29, 1.82) is 0 Å². The van der Waals surface area contributed by atoms with E-state index >= 15 is 0 Å². The number of hydrogen-bond acceptors (Lipinski definition) is 4. The Bertz CT molecular complexity index is 965. The molecule has 0 amide bonds. The molecule has 0 bridgehead atoms. The lowest BCUT2D eigenvalue weighted by molar-refractivity contribution is -0.159. The minimum atomic E-state index is -1.82. The van der Waals surface area contributed by atoms with Crippen LogP contribution in [0.25, 0.3) is 10.8 Å². The summed E-state index contributed by atoms with van der Waals surface area (Å²) >= 11 is 0. The van der Waals surface area contributed by atoms with Crippen LogP contribution in [-0.4, -0.2) is 47.8 Å². The second kappa shape index (κ2) is 11.0. The van der Waals surface area contributed by atoms with Gasteiger partial charge in [0.25, 0.3) is 0 Å². The van der Waals surface area contributed by atoms with Crippen LogP contribution < -0.4 is 4.74 Å². The van der Waals surface area contributed by atoms with E-state index in [1.54, 1.807) is 0 Å². The Balaban J connectivity index is 0.000000469. The molecule has 0 aliphatic heterocycles. The molecule has 0 spiro atoms. The zero-order valence-corrected chi connectivity index (χ0v) is 17.4. The molecule has 158 valence electrons. The summed E-state index contributed by atoms with van der Waals surface area (Å²) < 4.78 is 6.12. The molecule has 1 unspecified atom stereocenters. The third-order valence-electron chi connectivity index (χ3n) is 4.67. The zero-order chi connectivity index (χ0) is 22.1. The van der Waals surface area contributed by atoms with Gasteiger partial charge in [-0.2, -0.15) is 0 Å². The van der Waals surface area contributed by atoms with E-state index in [9.17, 15) is 0 Å². The quantitative estimate of drug-likeness (QED) is 0.588. The van der Waals surface area contributed by atoms with E-state index in [0.717, 1.165) is 12.2 Å². The van der Waals surface area contributed by atoms with Crippen LogP contribution in [0.2, 0.25) is 0 Å². The number of aliphatic carboxylic acids is 2. The molecule has 0 radical (unpaired) electrons. The second-order valence-electron chi connectivity index (χ2n) is 7.11. The van der Waals surface area contributed by atoms with Crippen LogP contribution in [0.4, 0.5) is 0 Å². The molecule has 3 aromatic rings. The number of carboxylic acid groups (broad SMARTS) is 2. The van der Waals surface area contributed by atoms with Crippen LogP contribution >= 0.6 is 0 Å². The molecule has 1 atom stereocenters. The topological polar surface area (TPSA) is 87.1 Å². The number of hydrogen-bond donors (Lipinski definition) is 2. The monoisotopic (exact) mass is 409 g/mol. The standard InChI is InChI=1S/C22H25NO.C2H2O4/c1-17-11-13-19(14-12-17)21(23(2)3)15-16-24-22-10-6-8-18-7-4-5-9-20(18)22;3-1(4)2(5)6/h4-14,21H,15-16H2,1-3H3;(H,3,4)(H,5,6). The van der Waals surface area contributed by atoms with Gasteiger partial charge < -0.3 is 19.8 Å². The van der Waals surface area contributed by atoms with Gasteiger partial charge in [-0.1, -0.05) is 66.2 Å². The molecule has 0 saturated heterocycles. The third-order valence-corrected chi connectivity index (χ3v) is 4.67. The van der Waals surface area contributed by atoms with Crippen LogP contribution in [0.1, 0.15) is 23.6 Å². The maximum absolute atomic E-state index is 9.10. The summed E-state index contributed by atoms with van der Waals surface area (Å²) in [5.74, 6) is -2.68. The van der Waals surface area contributed by atoms with Crippen LogP contribution in [0.5, 0.6) is 5.75 Å². The van der Waals surface area contributed by atoms with Crippen LogP contribution in [0, 0.1) is 6.92 Å². The Morgan fingerprint density at radius 2 is 1.50 bits per heavy atom. The first-order valence-corrected chi connectivity index (χ1v) is 9.59. The SMILES string of the molecule is Cc1ccc(C(CCOc2cccc3ccccc23)N(C)C)cc1.O=C(O)C(=O)O. The second-order valence-corrected chi connectivity index (χ2v) is 7.11. The lowest BCUT2D eigenvalue weighted by Crippen LogP contribution is -2.22. The van der Waals surface area contributed by atoms with E-state index in [4.69, 9.17) is 24.5 Å². The van der Waals surface area contributed by atoms with Crippen molar-refractivity contribution in [3.05, 3.63) is 77.9 Å². The number of fused-ring (bicyclic) bond motifs is 1. The molecule has 3 aromatic carbocycles. The fourth-order valence-electron chi connectivity index (χ4n) is 3.11. The van der Waals surface area contributed by atoms with Crippen molar-refractivity contribution in [1.82, 2.24) is 4.90 Å². The summed E-state index contributed by atoms with van der Waals surface area (Å²) in [5, 5.41) is 17.2. The van der Waals surface area contributed by atoms with E-state index in [0.29, 0.717) is 12.6 Å². The molecule has 3 rings (SSSR count). The predicted octanol–water partition coefficient (Wildman–Crippen LogP) is 4.38. The minimum absolute atomic E-state index is 0.362. The van der Waals surface area contributed by atoms with Gasteiger partial charge in [0.05, 0.1) is 6.61 Å². The van der Waals surface area contributed by atoms with Gasteiger partial charge >= 0.3 is 11.9 Å². The maximum Gasteiger partial charge on any atom is 0.414 e. The minimum Gasteiger partial charge on any atom is -0.493 e. The number of benzene rings is 3. The molecular weight excluding hydrogens is 382 g/mol. The molecule has 6 nitrogen and oxygen atoms in total. The van der Waals surface area contributed by atoms with Crippen molar-refractivity contribution in [2.45, 2.75) is 19.4 Å². The van der Waals surface area contributed by atoms with E-state index in [1.807, 2.05) is 0 Å². The van der Waals surface area contributed by atoms with E-state index in [1.165, 1.54) is 21.9 Å². The normalized spacial score (nSPS) is 11.5. The predicted molar refractivity (Wildman–Crippen MR) is 117 cm³/mol. The van der Waals surface area contributed by atoms with Crippen LogP contribution in [-0.2, 0) is 9.59 Å². The first-order chi connectivity index (χ1) is 14.3. The first kappa shape index (κ1) is 22.9. The largest absolute Gasteiger partial charge is 0.493 e. The van der Waals surface area contributed by atoms with Gasteiger partial charge in [-0.15, -0.1) is 0 Å². The highest BCUT2D eigenvalue weighted by molar-refractivity contribution is 6.27. The summed E-state index contributed by atoms with van der Waals surface area (Å²) in [6.07, 6.45) is 0.958. The molecule has 30 heavy (non-hydrogen) atoms. The van der Waals surface area contributed by atoms with Crippen molar-refractivity contribution >= 4 is 22.7 Å². The van der Waals surface area contributed by atoms with Crippen LogP contribution in [0.15, 0.2) is 66.7 Å². The van der Waals surface area contributed by atoms with E-state index in [2.05, 4.69) is 92.6 Å². The highest BCUT2D eigenvalue weighted by Gasteiger charge is 2.14. The van der Waals surface area contributed by atoms with Crippen LogP contribution in [0.3, 0.4) is 0 Å². The number of ether oxygens (including phenoxy) is 1. The Morgan fingerprint density at radius 3 is 2.10 bits per heavy atom. The molecule has 0 heterocycles. The van der Waals surface area contributed by atoms with E-state index in [-0.39, 0.29) is 0 Å². The Labute approximate surface area is 176 Å². The third kappa shape index (κ3) is 6.60. The summed E-state index contributed by atoms with van der Waals surface area (Å²) in [7, 11) is 4.25. The average Bonchev–Trinajstić information content (AvgIpc) is 2.72. The molecule has 2 N–H and O–H groups in total. The molecular formula is C24H27NO5. The number of carboxylic acids is 2. The molecule has 0 saturated carbocycles. The van der Waals surface area contributed by atoms with E-state index < -0.39 is 11.9 Å². The summed E-state index contributed by atoms with van der Waals surface area (Å²) in [5.41, 5.74) is 2.63. The van der Waals surface area contributed by atoms with Gasteiger partial charge in [-0.3, -0.25) is 0 Å². The van der Waals surface area contributed by atoms with Gasteiger partial charge in [0.1, 0.15) is 5.75 Å². The van der Waals surface area contributed by atoms with Crippen molar-refractivity contribution in [2.75, 3.05) is 20.7 Å². The fourth-order valence-corrected chi connectivity index (χ4v) is 3.11. The lowest BCUT2D eigenvalue weighted by atomic mass is 10.0. The summed E-state index contributed by atoms with van der Waals surface area (Å²) in [6, 6.07) is 23.8. The van der Waals surface area contributed by atoms with Gasteiger partial charge in [0, 0.05) is 17.8 Å². The number of rotatable bonds is 6. The zero-order valence-electron chi connectivity index (χ0n) is 17.4. The Morgan fingerprint density at radius 1 is 0.900 bits per heavy atom. The molecule has 0 aliphatic carbocycles. The highest BCUT2D eigenvalue weighted by Crippen LogP contribution is 2.27. The van der Waals surface area contributed by atoms with Crippen molar-refractivity contribution in [2.24, 2.45) is 0 Å². The molecule has 0 aliphatic rings. The number of nitrogens with zero attached hydrogens (tertiary/aromatic N) is 1. The number of aryl methyl sites for hydroxylation is 1. The van der Waals surface area contributed by atoms with Gasteiger partial charge in [-0.25, -0.2) is 9.59 Å². The maximum atomic E-state index is 9.10. The van der Waals surface area contributed by atoms with Gasteiger partial charge in [-0.05, 0) is 38.0 Å². The Hall–Kier alpha value is -3.38. The number of carbonyl (C=O) groups is 2. The lowest BCUT2D eigenvalue weighted by Gasteiger charge is -2.25. The van der Waals surface area contributed by atoms with Crippen molar-refractivity contribution in [3.8, 4) is 5.75 Å². The molecule has 0 aromatic heterocycles. The molecule has 6 heteroatoms. The molecule has 0 fully saturated rings. The average molecular weight is 409 g/mol. The van der Waals surface area contributed by atoms with Crippen molar-refractivity contribution in [3.63, 3.8) is 0 Å². The van der Waals surface area contributed by atoms with Gasteiger partial charge in [0.2, 0.25) is 0 Å². The smallest absolute Gasteiger partial charge is 0.414 e. The highest BCUT2D eigenvalue weighted by atomic mass is 16.5. The summed E-state index contributed by atoms with van der Waals surface area (Å²) in [6.45, 7) is 2.82.